The number of nitrogens with one attached hydrogen (secondary N) is 1. The molecule has 0 radical (unpaired) electrons. The smallest absolute Gasteiger partial charge is 0.251 e. The molecule has 2 aromatic carbocycles. The Morgan fingerprint density at radius 3 is 2.47 bits per heavy atom. The van der Waals surface area contributed by atoms with Gasteiger partial charge in [-0.1, -0.05) is 37.6 Å². The molecule has 156 valence electrons. The predicted octanol–water partition coefficient (Wildman–Crippen LogP) is 4.25. The number of aromatic nitrogens is 1. The van der Waals surface area contributed by atoms with Gasteiger partial charge in [0.2, 0.25) is 0 Å². The second-order valence-corrected chi connectivity index (χ2v) is 9.33. The van der Waals surface area contributed by atoms with Gasteiger partial charge >= 0.3 is 0 Å². The molecule has 1 N–H and O–H groups in total. The predicted molar refractivity (Wildman–Crippen MR) is 118 cm³/mol. The van der Waals surface area contributed by atoms with Crippen LogP contribution in [0.25, 0.3) is 0 Å². The van der Waals surface area contributed by atoms with Crippen LogP contribution in [0.2, 0.25) is 0 Å². The molecule has 1 amide bonds. The molecule has 0 saturated carbocycles. The third-order valence-corrected chi connectivity index (χ3v) is 6.64. The Labute approximate surface area is 178 Å². The maximum atomic E-state index is 12.9. The third-order valence-electron chi connectivity index (χ3n) is 4.95. The molecule has 0 fully saturated rings. The molecular weight excluding hydrogens is 396 g/mol. The molecule has 0 aliphatic rings. The lowest BCUT2D eigenvalue weighted by Gasteiger charge is -2.11. The third kappa shape index (κ3) is 5.54. The summed E-state index contributed by atoms with van der Waals surface area (Å²) in [5, 5.41) is 2.85. The van der Waals surface area contributed by atoms with Gasteiger partial charge in [-0.25, -0.2) is 8.42 Å². The van der Waals surface area contributed by atoms with Crippen LogP contribution in [-0.4, -0.2) is 19.3 Å². The van der Waals surface area contributed by atoms with Gasteiger partial charge in [-0.3, -0.25) is 9.78 Å². The molecule has 30 heavy (non-hydrogen) atoms. The normalized spacial score (nSPS) is 11.3. The van der Waals surface area contributed by atoms with E-state index in [4.69, 9.17) is 0 Å². The molecule has 3 aromatic rings. The topological polar surface area (TPSA) is 76.1 Å². The van der Waals surface area contributed by atoms with Crippen LogP contribution >= 0.6 is 0 Å². The Hall–Kier alpha value is -2.99. The quantitative estimate of drug-likeness (QED) is 0.589. The lowest BCUT2D eigenvalue weighted by atomic mass is 10.1. The number of carbonyl (C=O) groups is 1. The van der Waals surface area contributed by atoms with Crippen LogP contribution in [0.1, 0.15) is 46.0 Å². The Morgan fingerprint density at radius 2 is 1.80 bits per heavy atom. The van der Waals surface area contributed by atoms with E-state index in [1.54, 1.807) is 42.7 Å². The van der Waals surface area contributed by atoms with Crippen molar-refractivity contribution in [2.45, 2.75) is 43.9 Å². The van der Waals surface area contributed by atoms with Gasteiger partial charge in [-0.05, 0) is 65.9 Å². The van der Waals surface area contributed by atoms with Crippen LogP contribution in [0.4, 0.5) is 0 Å². The summed E-state index contributed by atoms with van der Waals surface area (Å²) in [6, 6.07) is 15.9. The first-order valence-corrected chi connectivity index (χ1v) is 11.6. The van der Waals surface area contributed by atoms with E-state index in [1.807, 2.05) is 31.2 Å². The van der Waals surface area contributed by atoms with Crippen molar-refractivity contribution in [3.63, 3.8) is 0 Å². The molecule has 0 aliphatic carbocycles. The summed E-state index contributed by atoms with van der Waals surface area (Å²) >= 11 is 0. The highest BCUT2D eigenvalue weighted by atomic mass is 32.2. The number of pyridine rings is 1. The second kappa shape index (κ2) is 9.67. The summed E-state index contributed by atoms with van der Waals surface area (Å²) in [5.74, 6) is -0.392. The Kier molecular flexibility index (Phi) is 7.00. The molecule has 0 unspecified atom stereocenters. The van der Waals surface area contributed by atoms with Gasteiger partial charge in [0.25, 0.3) is 5.91 Å². The van der Waals surface area contributed by atoms with Gasteiger partial charge in [0, 0.05) is 24.5 Å². The molecule has 5 nitrogen and oxygen atoms in total. The van der Waals surface area contributed by atoms with Crippen molar-refractivity contribution in [3.05, 3.63) is 94.8 Å². The van der Waals surface area contributed by atoms with Crippen molar-refractivity contribution < 1.29 is 13.2 Å². The minimum atomic E-state index is -3.51. The van der Waals surface area contributed by atoms with Gasteiger partial charge in [0.15, 0.2) is 9.84 Å². The van der Waals surface area contributed by atoms with Crippen LogP contribution in [0.3, 0.4) is 0 Å². The lowest BCUT2D eigenvalue weighted by molar-refractivity contribution is 0.0950. The zero-order chi connectivity index (χ0) is 21.6. The summed E-state index contributed by atoms with van der Waals surface area (Å²) < 4.78 is 25.8. The Bertz CT molecular complexity index is 1110. The summed E-state index contributed by atoms with van der Waals surface area (Å²) in [6.07, 6.45) is 5.31. The first-order valence-electron chi connectivity index (χ1n) is 9.97. The van der Waals surface area contributed by atoms with E-state index in [1.165, 1.54) is 0 Å². The van der Waals surface area contributed by atoms with Crippen molar-refractivity contribution in [2.24, 2.45) is 0 Å². The fraction of sp³-hybridized carbons (Fsp3) is 0.250. The maximum Gasteiger partial charge on any atom is 0.251 e. The molecule has 0 atom stereocenters. The van der Waals surface area contributed by atoms with E-state index in [-0.39, 0.29) is 11.7 Å². The molecule has 1 aromatic heterocycles. The summed E-state index contributed by atoms with van der Waals surface area (Å²) in [5.41, 5.74) is 3.92. The van der Waals surface area contributed by atoms with Crippen LogP contribution in [0.15, 0.2) is 71.9 Å². The van der Waals surface area contributed by atoms with E-state index in [0.717, 1.165) is 29.5 Å². The maximum absolute atomic E-state index is 12.9. The zero-order valence-electron chi connectivity index (χ0n) is 17.3. The van der Waals surface area contributed by atoms with Crippen LogP contribution < -0.4 is 5.32 Å². The van der Waals surface area contributed by atoms with Crippen molar-refractivity contribution in [1.29, 1.82) is 0 Å². The highest BCUT2D eigenvalue weighted by Crippen LogP contribution is 2.21. The summed E-state index contributed by atoms with van der Waals surface area (Å²) in [7, 11) is -3.51. The number of benzene rings is 2. The number of nitrogens with zero attached hydrogens (tertiary/aromatic N) is 1. The summed E-state index contributed by atoms with van der Waals surface area (Å²) in [6.45, 7) is 4.30. The minimum absolute atomic E-state index is 0.143. The molecule has 0 spiro atoms. The molecule has 3 rings (SSSR count). The van der Waals surface area contributed by atoms with Gasteiger partial charge in [-0.15, -0.1) is 0 Å². The van der Waals surface area contributed by atoms with E-state index >= 15 is 0 Å². The number of hydrogen-bond donors (Lipinski definition) is 1. The van der Waals surface area contributed by atoms with Gasteiger partial charge in [0.05, 0.1) is 10.6 Å². The minimum Gasteiger partial charge on any atom is -0.348 e. The standard InChI is InChI=1S/C24H26N2O3S/c1-3-5-19-8-11-23(12-9-19)30(28,29)17-22-14-21(10-7-18(22)2)24(27)26-16-20-6-4-13-25-15-20/h4,6-15H,3,5,16-17H2,1-2H3,(H,26,27). The Morgan fingerprint density at radius 1 is 1.03 bits per heavy atom. The van der Waals surface area contributed by atoms with Crippen LogP contribution in [-0.2, 0) is 28.6 Å². The van der Waals surface area contributed by atoms with Crippen molar-refractivity contribution in [3.8, 4) is 0 Å². The van der Waals surface area contributed by atoms with Crippen molar-refractivity contribution >= 4 is 15.7 Å². The SMILES string of the molecule is CCCc1ccc(S(=O)(=O)Cc2cc(C(=O)NCc3cccnc3)ccc2C)cc1. The molecular formula is C24H26N2O3S. The fourth-order valence-electron chi connectivity index (χ4n) is 3.20. The van der Waals surface area contributed by atoms with Crippen LogP contribution in [0, 0.1) is 6.92 Å². The molecule has 0 bridgehead atoms. The molecule has 0 aliphatic heterocycles. The average molecular weight is 423 g/mol. The number of amides is 1. The molecule has 0 saturated heterocycles. The van der Waals surface area contributed by atoms with E-state index in [9.17, 15) is 13.2 Å². The number of sulfone groups is 1. The van der Waals surface area contributed by atoms with Crippen LogP contribution in [0.5, 0.6) is 0 Å². The van der Waals surface area contributed by atoms with Gasteiger partial charge in [0.1, 0.15) is 0 Å². The number of carbonyl (C=O) groups excluding carboxylic acids is 1. The zero-order valence-corrected chi connectivity index (χ0v) is 18.1. The molecule has 1 heterocycles. The highest BCUT2D eigenvalue weighted by molar-refractivity contribution is 7.90. The number of hydrogen-bond acceptors (Lipinski definition) is 4. The second-order valence-electron chi connectivity index (χ2n) is 7.34. The fourth-order valence-corrected chi connectivity index (χ4v) is 4.63. The number of aryl methyl sites for hydroxylation is 2. The monoisotopic (exact) mass is 422 g/mol. The first kappa shape index (κ1) is 21.7. The van der Waals surface area contributed by atoms with E-state index in [2.05, 4.69) is 17.2 Å². The average Bonchev–Trinajstić information content (AvgIpc) is 2.75. The Balaban J connectivity index is 1.75. The van der Waals surface area contributed by atoms with E-state index in [0.29, 0.717) is 22.6 Å². The highest BCUT2D eigenvalue weighted by Gasteiger charge is 2.18. The van der Waals surface area contributed by atoms with Crippen molar-refractivity contribution in [1.82, 2.24) is 10.3 Å². The van der Waals surface area contributed by atoms with E-state index < -0.39 is 9.84 Å². The lowest BCUT2D eigenvalue weighted by Crippen LogP contribution is -2.23. The largest absolute Gasteiger partial charge is 0.348 e. The van der Waals surface area contributed by atoms with Crippen molar-refractivity contribution in [2.75, 3.05) is 0 Å². The van der Waals surface area contributed by atoms with Gasteiger partial charge < -0.3 is 5.32 Å². The molecule has 6 heteroatoms. The van der Waals surface area contributed by atoms with Gasteiger partial charge in [-0.2, -0.15) is 0 Å². The summed E-state index contributed by atoms with van der Waals surface area (Å²) in [4.78, 5) is 16.9. The number of rotatable bonds is 8. The first-order chi connectivity index (χ1) is 14.4.